The summed E-state index contributed by atoms with van der Waals surface area (Å²) in [6, 6.07) is 0.988. The predicted octanol–water partition coefficient (Wildman–Crippen LogP) is 0.630. The molecule has 0 aliphatic heterocycles. The van der Waals surface area contributed by atoms with Gasteiger partial charge in [-0.25, -0.2) is 4.98 Å². The van der Waals surface area contributed by atoms with Gasteiger partial charge in [0, 0.05) is 12.3 Å². The van der Waals surface area contributed by atoms with Gasteiger partial charge in [0.2, 0.25) is 5.56 Å². The highest BCUT2D eigenvalue weighted by molar-refractivity contribution is 6.57. The predicted molar refractivity (Wildman–Crippen MR) is 37.6 cm³/mol. The number of aromatic nitrogens is 2. The number of halogens is 3. The molecule has 3 nitrogen and oxygen atoms in total. The van der Waals surface area contributed by atoms with Gasteiger partial charge < -0.3 is 17.5 Å². The molecule has 0 aliphatic rings. The molecule has 12 heavy (non-hydrogen) atoms. The van der Waals surface area contributed by atoms with E-state index >= 15 is 0 Å². The third kappa shape index (κ3) is 2.41. The van der Waals surface area contributed by atoms with Gasteiger partial charge in [-0.05, 0) is 6.44 Å². The van der Waals surface area contributed by atoms with Gasteiger partial charge in [-0.15, -0.1) is 0 Å². The summed E-state index contributed by atoms with van der Waals surface area (Å²) in [5, 5.41) is 0. The molecule has 1 rings (SSSR count). The van der Waals surface area contributed by atoms with E-state index in [2.05, 4.69) is 4.98 Å². The van der Waals surface area contributed by atoms with Crippen LogP contribution in [0, 0.1) is 0 Å². The second kappa shape index (κ2) is 3.00. The van der Waals surface area contributed by atoms with Crippen LogP contribution in [0.1, 0.15) is 0 Å². The van der Waals surface area contributed by atoms with Gasteiger partial charge in [-0.3, -0.25) is 4.79 Å². The minimum atomic E-state index is -4.98. The molecule has 1 heterocycles. The molecule has 0 atom stereocenters. The molecule has 0 aromatic carbocycles. The third-order valence-corrected chi connectivity index (χ3v) is 1.20. The van der Waals surface area contributed by atoms with E-state index in [-0.39, 0.29) is 0 Å². The highest BCUT2D eigenvalue weighted by Gasteiger charge is 2.23. The molecule has 0 radical (unpaired) electrons. The van der Waals surface area contributed by atoms with Crippen molar-refractivity contribution in [2.45, 2.75) is 6.44 Å². The van der Waals surface area contributed by atoms with Crippen LogP contribution in [-0.2, 0) is 6.44 Å². The first kappa shape index (κ1) is 8.83. The van der Waals surface area contributed by atoms with Crippen LogP contribution in [-0.4, -0.2) is 16.5 Å². The molecule has 0 unspecified atom stereocenters. The molecule has 0 N–H and O–H groups in total. The Balaban J connectivity index is 2.91. The summed E-state index contributed by atoms with van der Waals surface area (Å²) in [7, 11) is 0. The van der Waals surface area contributed by atoms with Crippen LogP contribution in [0.5, 0.6) is 0 Å². The number of rotatable bonds is 2. The van der Waals surface area contributed by atoms with E-state index in [1.54, 1.807) is 0 Å². The molecule has 1 aromatic rings. The topological polar surface area (TPSA) is 34.9 Å². The Hall–Kier alpha value is -1.27. The van der Waals surface area contributed by atoms with Crippen LogP contribution in [0.4, 0.5) is 12.9 Å². The van der Waals surface area contributed by atoms with Crippen molar-refractivity contribution in [1.29, 1.82) is 0 Å². The normalized spacial score (nSPS) is 11.6. The second-order valence-corrected chi connectivity index (χ2v) is 2.28. The molecule has 0 saturated heterocycles. The summed E-state index contributed by atoms with van der Waals surface area (Å²) >= 11 is 0. The van der Waals surface area contributed by atoms with Crippen LogP contribution < -0.4 is 5.56 Å². The highest BCUT2D eigenvalue weighted by atomic mass is 19.4. The summed E-state index contributed by atoms with van der Waals surface area (Å²) < 4.78 is 35.9. The van der Waals surface area contributed by atoms with Gasteiger partial charge in [-0.2, -0.15) is 0 Å². The highest BCUT2D eigenvalue weighted by Crippen LogP contribution is 2.09. The van der Waals surface area contributed by atoms with Crippen LogP contribution in [0.15, 0.2) is 23.4 Å². The first-order valence-electron chi connectivity index (χ1n) is 3.20. The quantitative estimate of drug-likeness (QED) is 0.620. The average molecular weight is 177 g/mol. The second-order valence-electron chi connectivity index (χ2n) is 2.28. The van der Waals surface area contributed by atoms with Crippen LogP contribution in [0.2, 0.25) is 0 Å². The van der Waals surface area contributed by atoms with E-state index in [9.17, 15) is 17.7 Å². The van der Waals surface area contributed by atoms with Crippen molar-refractivity contribution in [1.82, 2.24) is 9.55 Å². The summed E-state index contributed by atoms with van der Waals surface area (Å²) in [6.07, 6.45) is 0.798. The minimum Gasteiger partial charge on any atom is -0.448 e. The maximum absolute atomic E-state index is 11.8. The zero-order valence-corrected chi connectivity index (χ0v) is 5.95. The maximum Gasteiger partial charge on any atom is 0.497 e. The SMILES string of the molecule is O=c1ccncn1C[B-](F)(F)F. The van der Waals surface area contributed by atoms with Crippen molar-refractivity contribution in [2.24, 2.45) is 0 Å². The molecule has 0 amide bonds. The van der Waals surface area contributed by atoms with Crippen LogP contribution in [0.25, 0.3) is 0 Å². The average Bonchev–Trinajstić information content (AvgIpc) is 1.91. The van der Waals surface area contributed by atoms with E-state index in [1.807, 2.05) is 0 Å². The molecule has 0 fully saturated rings. The first-order valence-corrected chi connectivity index (χ1v) is 3.20. The summed E-state index contributed by atoms with van der Waals surface area (Å²) in [4.78, 5) is 14.1. The fraction of sp³-hybridized carbons (Fsp3) is 0.200. The van der Waals surface area contributed by atoms with E-state index in [0.717, 1.165) is 18.6 Å². The molecule has 7 heteroatoms. The zero-order chi connectivity index (χ0) is 9.19. The smallest absolute Gasteiger partial charge is 0.448 e. The van der Waals surface area contributed by atoms with Crippen LogP contribution in [0.3, 0.4) is 0 Å². The van der Waals surface area contributed by atoms with Crippen molar-refractivity contribution in [3.05, 3.63) is 28.9 Å². The third-order valence-electron chi connectivity index (χ3n) is 1.20. The zero-order valence-electron chi connectivity index (χ0n) is 5.95. The Bertz CT molecular complexity index is 321. The molecule has 0 spiro atoms. The Morgan fingerprint density at radius 1 is 1.50 bits per heavy atom. The van der Waals surface area contributed by atoms with Gasteiger partial charge >= 0.3 is 6.98 Å². The molecular weight excluding hydrogens is 172 g/mol. The molecule has 1 aromatic heterocycles. The van der Waals surface area contributed by atoms with E-state index in [0.29, 0.717) is 4.57 Å². The lowest BCUT2D eigenvalue weighted by Gasteiger charge is -2.14. The maximum atomic E-state index is 11.8. The van der Waals surface area contributed by atoms with Gasteiger partial charge in [0.15, 0.2) is 0 Å². The van der Waals surface area contributed by atoms with E-state index in [1.165, 1.54) is 0 Å². The van der Waals surface area contributed by atoms with Gasteiger partial charge in [0.05, 0.1) is 6.33 Å². The molecule has 0 aliphatic carbocycles. The minimum absolute atomic E-state index is 0.528. The summed E-state index contributed by atoms with van der Waals surface area (Å²) in [6.45, 7) is -4.98. The van der Waals surface area contributed by atoms with E-state index < -0.39 is 19.0 Å². The van der Waals surface area contributed by atoms with Crippen molar-refractivity contribution in [3.8, 4) is 0 Å². The molecule has 66 valence electrons. The summed E-state index contributed by atoms with van der Waals surface area (Å²) in [5.74, 6) is 0. The Morgan fingerprint density at radius 2 is 2.17 bits per heavy atom. The molecule has 0 bridgehead atoms. The van der Waals surface area contributed by atoms with Crippen molar-refractivity contribution < 1.29 is 12.9 Å². The number of hydrogen-bond acceptors (Lipinski definition) is 2. The van der Waals surface area contributed by atoms with Gasteiger partial charge in [0.1, 0.15) is 0 Å². The lowest BCUT2D eigenvalue weighted by atomic mass is 9.92. The first-order chi connectivity index (χ1) is 5.49. The number of hydrogen-bond donors (Lipinski definition) is 0. The fourth-order valence-electron chi connectivity index (χ4n) is 0.739. The Morgan fingerprint density at radius 3 is 2.67 bits per heavy atom. The lowest BCUT2D eigenvalue weighted by Crippen LogP contribution is -2.31. The standard InChI is InChI=1S/C5H5BF3N2O/c7-6(8,9)3-11-4-10-2-1-5(11)12/h1-2,4H,3H2/q-1. The fourth-order valence-corrected chi connectivity index (χ4v) is 0.739. The summed E-state index contributed by atoms with van der Waals surface area (Å²) in [5.41, 5.74) is -0.691. The monoisotopic (exact) mass is 177 g/mol. The van der Waals surface area contributed by atoms with Crippen molar-refractivity contribution in [3.63, 3.8) is 0 Å². The van der Waals surface area contributed by atoms with Crippen molar-refractivity contribution in [2.75, 3.05) is 0 Å². The Kier molecular flexibility index (Phi) is 2.21. The van der Waals surface area contributed by atoms with E-state index in [4.69, 9.17) is 0 Å². The van der Waals surface area contributed by atoms with Gasteiger partial charge in [-0.1, -0.05) is 0 Å². The molecule has 0 saturated carbocycles. The van der Waals surface area contributed by atoms with Crippen molar-refractivity contribution >= 4 is 6.98 Å². The Labute approximate surface area is 65.9 Å². The van der Waals surface area contributed by atoms with Gasteiger partial charge in [0.25, 0.3) is 0 Å². The molecular formula is C5H5BF3N2O-. The number of nitrogens with zero attached hydrogens (tertiary/aromatic N) is 2. The van der Waals surface area contributed by atoms with Crippen LogP contribution >= 0.6 is 0 Å². The lowest BCUT2D eigenvalue weighted by molar-refractivity contribution is 0.441. The largest absolute Gasteiger partial charge is 0.497 e.